The van der Waals surface area contributed by atoms with Crippen LogP contribution in [-0.4, -0.2) is 34.4 Å². The van der Waals surface area contributed by atoms with Crippen molar-refractivity contribution in [2.45, 2.75) is 91.3 Å². The molecule has 2 aromatic rings. The Balaban J connectivity index is 0.000000201. The fraction of sp³-hybridized carbons (Fsp3) is 0.533. The predicted octanol–water partition coefficient (Wildman–Crippen LogP) is 8.40. The molecule has 0 saturated heterocycles. The summed E-state index contributed by atoms with van der Waals surface area (Å²) in [5, 5.41) is 0.745. The highest BCUT2D eigenvalue weighted by Crippen LogP contribution is 2.29. The minimum Gasteiger partial charge on any atom is -0.490 e. The van der Waals surface area contributed by atoms with Gasteiger partial charge in [-0.1, -0.05) is 31.9 Å². The molecule has 2 saturated carbocycles. The highest BCUT2D eigenvalue weighted by molar-refractivity contribution is 9.09. The molecule has 2 aliphatic carbocycles. The molecule has 0 aromatic heterocycles. The summed E-state index contributed by atoms with van der Waals surface area (Å²) in [7, 11) is 0. The van der Waals surface area contributed by atoms with Crippen molar-refractivity contribution in [2.75, 3.05) is 10.7 Å². The lowest BCUT2D eigenvalue weighted by Gasteiger charge is -2.16. The molecular weight excluding hydrogens is 584 g/mol. The first-order valence-electron chi connectivity index (χ1n) is 13.0. The van der Waals surface area contributed by atoms with Gasteiger partial charge < -0.3 is 9.47 Å². The van der Waals surface area contributed by atoms with Gasteiger partial charge in [-0.3, -0.25) is 9.59 Å². The zero-order chi connectivity index (χ0) is 26.2. The van der Waals surface area contributed by atoms with E-state index in [0.717, 1.165) is 70.6 Å². The van der Waals surface area contributed by atoms with Crippen LogP contribution in [0.15, 0.2) is 24.3 Å². The molecule has 0 amide bonds. The quantitative estimate of drug-likeness (QED) is 0.219. The zero-order valence-electron chi connectivity index (χ0n) is 21.9. The normalized spacial score (nSPS) is 15.9. The summed E-state index contributed by atoms with van der Waals surface area (Å²) < 4.78 is 12.0. The average molecular weight is 622 g/mol. The number of aryl methyl sites for hydroxylation is 4. The number of hydrogen-bond acceptors (Lipinski definition) is 4. The molecule has 0 heterocycles. The number of Topliss-reactive ketones (excluding diaryl/α,β-unsaturated/α-hetero) is 2. The Hall–Kier alpha value is -1.66. The third kappa shape index (κ3) is 7.67. The first-order chi connectivity index (χ1) is 17.2. The van der Waals surface area contributed by atoms with E-state index < -0.39 is 0 Å². The molecule has 6 heteroatoms. The van der Waals surface area contributed by atoms with Crippen LogP contribution in [0.5, 0.6) is 11.5 Å². The van der Waals surface area contributed by atoms with Crippen LogP contribution < -0.4 is 9.47 Å². The van der Waals surface area contributed by atoms with Crippen LogP contribution in [-0.2, 0) is 0 Å². The van der Waals surface area contributed by atoms with Crippen molar-refractivity contribution in [2.24, 2.45) is 0 Å². The maximum atomic E-state index is 11.8. The van der Waals surface area contributed by atoms with E-state index in [2.05, 4.69) is 31.9 Å². The Morgan fingerprint density at radius 3 is 1.17 bits per heavy atom. The second-order valence-electron chi connectivity index (χ2n) is 10.0. The number of halogens is 2. The van der Waals surface area contributed by atoms with Crippen LogP contribution in [0.1, 0.15) is 94.3 Å². The number of carbonyl (C=O) groups is 2. The van der Waals surface area contributed by atoms with Crippen molar-refractivity contribution in [1.29, 1.82) is 0 Å². The smallest absolute Gasteiger partial charge is 0.173 e. The highest BCUT2D eigenvalue weighted by atomic mass is 79.9. The number of carbonyl (C=O) groups excluding carboxylic acids is 2. The SMILES string of the molecule is Cc1cc(OC2CCCC2)cc(C)c1C(=O)CBr.Cc1cc(OC2CCCC2)cc(C)c1C(=O)CBr. The highest BCUT2D eigenvalue weighted by Gasteiger charge is 2.20. The van der Waals surface area contributed by atoms with E-state index in [1.165, 1.54) is 25.7 Å². The lowest BCUT2D eigenvalue weighted by atomic mass is 9.99. The molecule has 0 atom stereocenters. The lowest BCUT2D eigenvalue weighted by molar-refractivity contribution is 0.101. The Morgan fingerprint density at radius 2 is 0.917 bits per heavy atom. The van der Waals surface area contributed by atoms with E-state index in [-0.39, 0.29) is 11.6 Å². The van der Waals surface area contributed by atoms with E-state index in [0.29, 0.717) is 22.9 Å². The molecule has 0 radical (unpaired) electrons. The number of rotatable bonds is 8. The summed E-state index contributed by atoms with van der Waals surface area (Å²) in [6.45, 7) is 7.91. The average Bonchev–Trinajstić information content (AvgIpc) is 3.53. The molecule has 0 aliphatic heterocycles. The van der Waals surface area contributed by atoms with E-state index in [4.69, 9.17) is 9.47 Å². The van der Waals surface area contributed by atoms with Gasteiger partial charge in [-0.15, -0.1) is 0 Å². The fourth-order valence-corrected chi connectivity index (χ4v) is 5.95. The van der Waals surface area contributed by atoms with Gasteiger partial charge in [0.25, 0.3) is 0 Å². The Labute approximate surface area is 232 Å². The van der Waals surface area contributed by atoms with E-state index in [9.17, 15) is 9.59 Å². The summed E-state index contributed by atoms with van der Waals surface area (Å²) in [6, 6.07) is 7.95. The molecule has 2 aromatic carbocycles. The van der Waals surface area contributed by atoms with Crippen molar-refractivity contribution >= 4 is 43.4 Å². The summed E-state index contributed by atoms with van der Waals surface area (Å²) in [4.78, 5) is 23.6. The third-order valence-electron chi connectivity index (χ3n) is 7.02. The number of ketones is 2. The fourth-order valence-electron chi connectivity index (χ4n) is 5.39. The molecule has 0 N–H and O–H groups in total. The molecular formula is C30H38Br2O4. The molecule has 36 heavy (non-hydrogen) atoms. The second-order valence-corrected chi connectivity index (χ2v) is 11.1. The second kappa shape index (κ2) is 13.8. The predicted molar refractivity (Wildman–Crippen MR) is 154 cm³/mol. The van der Waals surface area contributed by atoms with Crippen molar-refractivity contribution in [3.8, 4) is 11.5 Å². The Morgan fingerprint density at radius 1 is 0.639 bits per heavy atom. The maximum absolute atomic E-state index is 11.8. The van der Waals surface area contributed by atoms with Gasteiger partial charge in [0.05, 0.1) is 22.9 Å². The monoisotopic (exact) mass is 620 g/mol. The van der Waals surface area contributed by atoms with Crippen molar-refractivity contribution in [3.05, 3.63) is 57.6 Å². The van der Waals surface area contributed by atoms with E-state index >= 15 is 0 Å². The molecule has 4 nitrogen and oxygen atoms in total. The zero-order valence-corrected chi connectivity index (χ0v) is 25.1. The van der Waals surface area contributed by atoms with Crippen LogP contribution in [0.4, 0.5) is 0 Å². The van der Waals surface area contributed by atoms with Crippen LogP contribution >= 0.6 is 31.9 Å². The van der Waals surface area contributed by atoms with Gasteiger partial charge in [0.15, 0.2) is 11.6 Å². The summed E-state index contributed by atoms with van der Waals surface area (Å²) in [5.41, 5.74) is 5.68. The van der Waals surface area contributed by atoms with Crippen molar-refractivity contribution in [1.82, 2.24) is 0 Å². The first kappa shape index (κ1) is 28.9. The van der Waals surface area contributed by atoms with Crippen LogP contribution in [0.2, 0.25) is 0 Å². The number of hydrogen-bond donors (Lipinski definition) is 0. The molecule has 2 fully saturated rings. The first-order valence-corrected chi connectivity index (χ1v) is 15.2. The number of ether oxygens (including phenoxy) is 2. The lowest BCUT2D eigenvalue weighted by Crippen LogP contribution is -2.12. The van der Waals surface area contributed by atoms with Gasteiger partial charge in [0, 0.05) is 11.1 Å². The van der Waals surface area contributed by atoms with Gasteiger partial charge in [0.2, 0.25) is 0 Å². The van der Waals surface area contributed by atoms with Gasteiger partial charge in [-0.2, -0.15) is 0 Å². The number of benzene rings is 2. The van der Waals surface area contributed by atoms with Crippen LogP contribution in [0.25, 0.3) is 0 Å². The van der Waals surface area contributed by atoms with Crippen LogP contribution in [0, 0.1) is 27.7 Å². The molecule has 0 unspecified atom stereocenters. The van der Waals surface area contributed by atoms with Gasteiger partial charge in [0.1, 0.15) is 11.5 Å². The van der Waals surface area contributed by atoms with Gasteiger partial charge in [-0.25, -0.2) is 0 Å². The molecule has 196 valence electrons. The summed E-state index contributed by atoms with van der Waals surface area (Å²) >= 11 is 6.46. The largest absolute Gasteiger partial charge is 0.490 e. The Bertz CT molecular complexity index is 935. The Kier molecular flexibility index (Phi) is 11.0. The molecule has 0 spiro atoms. The van der Waals surface area contributed by atoms with Crippen molar-refractivity contribution < 1.29 is 19.1 Å². The van der Waals surface area contributed by atoms with E-state index in [1.54, 1.807) is 0 Å². The summed E-state index contributed by atoms with van der Waals surface area (Å²) in [5.74, 6) is 2.08. The van der Waals surface area contributed by atoms with Crippen molar-refractivity contribution in [3.63, 3.8) is 0 Å². The molecule has 2 aliphatic rings. The molecule has 4 rings (SSSR count). The van der Waals surface area contributed by atoms with Gasteiger partial charge in [-0.05, 0) is 126 Å². The minimum absolute atomic E-state index is 0.136. The number of alkyl halides is 2. The minimum atomic E-state index is 0.136. The third-order valence-corrected chi connectivity index (χ3v) is 8.04. The molecule has 0 bridgehead atoms. The van der Waals surface area contributed by atoms with E-state index in [1.807, 2.05) is 52.0 Å². The summed E-state index contributed by atoms with van der Waals surface area (Å²) in [6.07, 6.45) is 10.4. The maximum Gasteiger partial charge on any atom is 0.173 e. The van der Waals surface area contributed by atoms with Crippen LogP contribution in [0.3, 0.4) is 0 Å². The van der Waals surface area contributed by atoms with Gasteiger partial charge >= 0.3 is 0 Å². The standard InChI is InChI=1S/2C15H19BrO2/c2*1-10-7-13(18-12-5-3-4-6-12)8-11(2)15(10)14(17)9-16/h2*7-8,12H,3-6,9H2,1-2H3. The topological polar surface area (TPSA) is 52.6 Å².